The first-order valence-electron chi connectivity index (χ1n) is 7.77. The SMILES string of the molecule is CC(C)OCc1cccc(CNC(=O)COc2ccccc2)c1. The Bertz CT molecular complexity index is 611. The smallest absolute Gasteiger partial charge is 0.258 e. The molecule has 0 atom stereocenters. The molecule has 0 saturated carbocycles. The van der Waals surface area contributed by atoms with Gasteiger partial charge in [-0.05, 0) is 37.1 Å². The summed E-state index contributed by atoms with van der Waals surface area (Å²) in [5, 5.41) is 2.86. The van der Waals surface area contributed by atoms with Crippen LogP contribution in [0.15, 0.2) is 54.6 Å². The zero-order valence-corrected chi connectivity index (χ0v) is 13.6. The predicted octanol–water partition coefficient (Wildman–Crippen LogP) is 3.31. The lowest BCUT2D eigenvalue weighted by Gasteiger charge is -2.10. The lowest BCUT2D eigenvalue weighted by molar-refractivity contribution is -0.123. The number of hydrogen-bond acceptors (Lipinski definition) is 3. The highest BCUT2D eigenvalue weighted by Gasteiger charge is 2.04. The molecule has 0 heterocycles. The normalized spacial score (nSPS) is 10.6. The molecule has 0 saturated heterocycles. The number of ether oxygens (including phenoxy) is 2. The number of carbonyl (C=O) groups excluding carboxylic acids is 1. The fourth-order valence-electron chi connectivity index (χ4n) is 2.01. The third-order valence-electron chi connectivity index (χ3n) is 3.18. The molecule has 0 radical (unpaired) electrons. The summed E-state index contributed by atoms with van der Waals surface area (Å²) in [4.78, 5) is 11.8. The Morgan fingerprint density at radius 1 is 1.04 bits per heavy atom. The van der Waals surface area contributed by atoms with Gasteiger partial charge in [0.1, 0.15) is 5.75 Å². The maximum Gasteiger partial charge on any atom is 0.258 e. The first-order chi connectivity index (χ1) is 11.1. The average molecular weight is 313 g/mol. The standard InChI is InChI=1S/C19H23NO3/c1-15(2)22-13-17-8-6-7-16(11-17)12-20-19(21)14-23-18-9-4-3-5-10-18/h3-11,15H,12-14H2,1-2H3,(H,20,21). The van der Waals surface area contributed by atoms with Gasteiger partial charge in [-0.25, -0.2) is 0 Å². The minimum absolute atomic E-state index is 0.0141. The maximum atomic E-state index is 11.8. The van der Waals surface area contributed by atoms with Crippen LogP contribution in [0.2, 0.25) is 0 Å². The van der Waals surface area contributed by atoms with E-state index in [4.69, 9.17) is 9.47 Å². The highest BCUT2D eigenvalue weighted by atomic mass is 16.5. The van der Waals surface area contributed by atoms with Crippen LogP contribution in [0.1, 0.15) is 25.0 Å². The van der Waals surface area contributed by atoms with Crippen LogP contribution < -0.4 is 10.1 Å². The molecule has 0 spiro atoms. The van der Waals surface area contributed by atoms with Gasteiger partial charge in [0.15, 0.2) is 6.61 Å². The lowest BCUT2D eigenvalue weighted by Crippen LogP contribution is -2.28. The Labute approximate surface area is 137 Å². The number of nitrogens with one attached hydrogen (secondary N) is 1. The van der Waals surface area contributed by atoms with E-state index in [1.54, 1.807) is 0 Å². The molecule has 0 aliphatic rings. The number of hydrogen-bond donors (Lipinski definition) is 1. The van der Waals surface area contributed by atoms with E-state index in [-0.39, 0.29) is 18.6 Å². The number of rotatable bonds is 8. The second-order valence-corrected chi connectivity index (χ2v) is 5.56. The van der Waals surface area contributed by atoms with Gasteiger partial charge in [0.05, 0.1) is 12.7 Å². The van der Waals surface area contributed by atoms with E-state index in [2.05, 4.69) is 5.32 Å². The first-order valence-corrected chi connectivity index (χ1v) is 7.77. The van der Waals surface area contributed by atoms with Crippen molar-refractivity contribution >= 4 is 5.91 Å². The average Bonchev–Trinajstić information content (AvgIpc) is 2.57. The van der Waals surface area contributed by atoms with Crippen LogP contribution in [-0.2, 0) is 22.7 Å². The number of benzene rings is 2. The monoisotopic (exact) mass is 313 g/mol. The number of para-hydroxylation sites is 1. The van der Waals surface area contributed by atoms with E-state index < -0.39 is 0 Å². The molecule has 4 nitrogen and oxygen atoms in total. The van der Waals surface area contributed by atoms with Crippen molar-refractivity contribution in [2.45, 2.75) is 33.1 Å². The first kappa shape index (κ1) is 17.0. The van der Waals surface area contributed by atoms with Gasteiger partial charge in [-0.2, -0.15) is 0 Å². The molecule has 23 heavy (non-hydrogen) atoms. The van der Waals surface area contributed by atoms with Crippen molar-refractivity contribution in [2.75, 3.05) is 6.61 Å². The molecule has 2 aromatic rings. The molecule has 0 aliphatic heterocycles. The van der Waals surface area contributed by atoms with Crippen LogP contribution in [-0.4, -0.2) is 18.6 Å². The molecule has 0 bridgehead atoms. The van der Waals surface area contributed by atoms with E-state index in [9.17, 15) is 4.79 Å². The van der Waals surface area contributed by atoms with Gasteiger partial charge in [-0.3, -0.25) is 4.79 Å². The second kappa shape index (κ2) is 8.96. The van der Waals surface area contributed by atoms with Crippen LogP contribution >= 0.6 is 0 Å². The van der Waals surface area contributed by atoms with E-state index in [1.807, 2.05) is 68.4 Å². The molecule has 2 aromatic carbocycles. The van der Waals surface area contributed by atoms with Crippen molar-refractivity contribution < 1.29 is 14.3 Å². The van der Waals surface area contributed by atoms with Crippen molar-refractivity contribution in [1.29, 1.82) is 0 Å². The molecule has 1 amide bonds. The van der Waals surface area contributed by atoms with Gasteiger partial charge in [0.25, 0.3) is 5.91 Å². The second-order valence-electron chi connectivity index (χ2n) is 5.56. The van der Waals surface area contributed by atoms with Crippen LogP contribution in [0.5, 0.6) is 5.75 Å². The molecule has 0 unspecified atom stereocenters. The van der Waals surface area contributed by atoms with Crippen molar-refractivity contribution in [2.24, 2.45) is 0 Å². The Hall–Kier alpha value is -2.33. The Morgan fingerprint density at radius 2 is 1.78 bits per heavy atom. The summed E-state index contributed by atoms with van der Waals surface area (Å²) in [6, 6.07) is 17.3. The van der Waals surface area contributed by atoms with Crippen LogP contribution in [0.3, 0.4) is 0 Å². The zero-order chi connectivity index (χ0) is 16.5. The molecule has 4 heteroatoms. The van der Waals surface area contributed by atoms with E-state index in [1.165, 1.54) is 0 Å². The third-order valence-corrected chi connectivity index (χ3v) is 3.18. The van der Waals surface area contributed by atoms with Crippen LogP contribution in [0.4, 0.5) is 0 Å². The molecular weight excluding hydrogens is 290 g/mol. The minimum atomic E-state index is -0.141. The largest absolute Gasteiger partial charge is 0.484 e. The van der Waals surface area contributed by atoms with Crippen molar-refractivity contribution in [3.8, 4) is 5.75 Å². The summed E-state index contributed by atoms with van der Waals surface area (Å²) in [5.41, 5.74) is 2.15. The van der Waals surface area contributed by atoms with Gasteiger partial charge < -0.3 is 14.8 Å². The van der Waals surface area contributed by atoms with Crippen molar-refractivity contribution in [1.82, 2.24) is 5.32 Å². The van der Waals surface area contributed by atoms with Crippen molar-refractivity contribution in [3.05, 3.63) is 65.7 Å². The van der Waals surface area contributed by atoms with Gasteiger partial charge in [0, 0.05) is 6.54 Å². The summed E-state index contributed by atoms with van der Waals surface area (Å²) in [6.45, 7) is 5.09. The highest BCUT2D eigenvalue weighted by molar-refractivity contribution is 5.77. The summed E-state index contributed by atoms with van der Waals surface area (Å²) in [6.07, 6.45) is 0.202. The topological polar surface area (TPSA) is 47.6 Å². The minimum Gasteiger partial charge on any atom is -0.484 e. The van der Waals surface area contributed by atoms with E-state index in [0.29, 0.717) is 18.9 Å². The molecule has 0 fully saturated rings. The number of amides is 1. The third kappa shape index (κ3) is 6.53. The Balaban J connectivity index is 1.76. The Kier molecular flexibility index (Phi) is 6.63. The van der Waals surface area contributed by atoms with Gasteiger partial charge >= 0.3 is 0 Å². The number of carbonyl (C=O) groups is 1. The van der Waals surface area contributed by atoms with Crippen molar-refractivity contribution in [3.63, 3.8) is 0 Å². The summed E-state index contributed by atoms with van der Waals surface area (Å²) in [5.74, 6) is 0.549. The van der Waals surface area contributed by atoms with Gasteiger partial charge in [-0.1, -0.05) is 42.5 Å². The quantitative estimate of drug-likeness (QED) is 0.813. The zero-order valence-electron chi connectivity index (χ0n) is 13.6. The van der Waals surface area contributed by atoms with Crippen LogP contribution in [0.25, 0.3) is 0 Å². The molecular formula is C19H23NO3. The lowest BCUT2D eigenvalue weighted by atomic mass is 10.1. The predicted molar refractivity (Wildman–Crippen MR) is 90.2 cm³/mol. The Morgan fingerprint density at radius 3 is 2.52 bits per heavy atom. The maximum absolute atomic E-state index is 11.8. The summed E-state index contributed by atoms with van der Waals surface area (Å²) in [7, 11) is 0. The van der Waals surface area contributed by atoms with E-state index in [0.717, 1.165) is 11.1 Å². The fraction of sp³-hybridized carbons (Fsp3) is 0.316. The summed E-state index contributed by atoms with van der Waals surface area (Å²) < 4.78 is 11.0. The molecule has 122 valence electrons. The molecule has 1 N–H and O–H groups in total. The molecule has 0 aromatic heterocycles. The summed E-state index contributed by atoms with van der Waals surface area (Å²) >= 11 is 0. The van der Waals surface area contributed by atoms with E-state index >= 15 is 0 Å². The van der Waals surface area contributed by atoms with Gasteiger partial charge in [-0.15, -0.1) is 0 Å². The van der Waals surface area contributed by atoms with Crippen LogP contribution in [0, 0.1) is 0 Å². The molecule has 2 rings (SSSR count). The fourth-order valence-corrected chi connectivity index (χ4v) is 2.01. The highest BCUT2D eigenvalue weighted by Crippen LogP contribution is 2.09. The molecule has 0 aliphatic carbocycles. The van der Waals surface area contributed by atoms with Gasteiger partial charge in [0.2, 0.25) is 0 Å².